The van der Waals surface area contributed by atoms with Crippen LogP contribution in [0.2, 0.25) is 0 Å². The van der Waals surface area contributed by atoms with Crippen molar-refractivity contribution in [2.45, 2.75) is 33.1 Å². The highest BCUT2D eigenvalue weighted by Gasteiger charge is 2.24. The molecule has 0 aliphatic heterocycles. The van der Waals surface area contributed by atoms with Crippen molar-refractivity contribution >= 4 is 17.5 Å². The fourth-order valence-corrected chi connectivity index (χ4v) is 2.20. The average molecular weight is 306 g/mol. The molecule has 2 amide bonds. The molecule has 122 valence electrons. The third kappa shape index (κ3) is 5.15. The fourth-order valence-electron chi connectivity index (χ4n) is 2.20. The molecule has 0 atom stereocenters. The van der Waals surface area contributed by atoms with Crippen molar-refractivity contribution in [2.75, 3.05) is 31.7 Å². The quantitative estimate of drug-likeness (QED) is 0.819. The lowest BCUT2D eigenvalue weighted by molar-refractivity contribution is -0.123. The lowest BCUT2D eigenvalue weighted by Gasteiger charge is -2.29. The average Bonchev–Trinajstić information content (AvgIpc) is 2.44. The van der Waals surface area contributed by atoms with Crippen LogP contribution in [-0.4, -0.2) is 38.6 Å². The molecule has 1 rings (SSSR count). The first kappa shape index (κ1) is 18.2. The van der Waals surface area contributed by atoms with Gasteiger partial charge in [0.25, 0.3) is 0 Å². The Morgan fingerprint density at radius 3 is 2.41 bits per heavy atom. The zero-order chi connectivity index (χ0) is 16.8. The van der Waals surface area contributed by atoms with Crippen molar-refractivity contribution in [1.29, 1.82) is 0 Å². The highest BCUT2D eigenvalue weighted by Crippen LogP contribution is 2.31. The van der Waals surface area contributed by atoms with Gasteiger partial charge >= 0.3 is 0 Å². The normalized spacial score (nSPS) is 11.1. The van der Waals surface area contributed by atoms with Gasteiger partial charge in [0.1, 0.15) is 6.54 Å². The zero-order valence-corrected chi connectivity index (χ0v) is 14.1. The smallest absolute Gasteiger partial charge is 0.240 e. The molecule has 0 aromatic heterocycles. The Labute approximate surface area is 132 Å². The van der Waals surface area contributed by atoms with Crippen LogP contribution in [0.4, 0.5) is 5.69 Å². The maximum Gasteiger partial charge on any atom is 0.240 e. The second-order valence-electron chi connectivity index (χ2n) is 6.22. The minimum atomic E-state index is -0.198. The Morgan fingerprint density at radius 1 is 1.23 bits per heavy atom. The highest BCUT2D eigenvalue weighted by atomic mass is 16.5. The number of benzene rings is 1. The standard InChI is InChI=1S/C17H26N2O3/c1-13(20)19(12-16(21)18-10-11-22-5)15-9-7-6-8-14(15)17(2,3)4/h6-9H,10-12H2,1-5H3,(H,18,21). The number of anilines is 1. The minimum absolute atomic E-state index is 0.00609. The van der Waals surface area contributed by atoms with Gasteiger partial charge in [0.15, 0.2) is 0 Å². The summed E-state index contributed by atoms with van der Waals surface area (Å²) in [4.78, 5) is 25.5. The Balaban J connectivity index is 2.98. The zero-order valence-electron chi connectivity index (χ0n) is 14.1. The summed E-state index contributed by atoms with van der Waals surface area (Å²) in [6, 6.07) is 7.70. The number of nitrogens with one attached hydrogen (secondary N) is 1. The number of hydrogen-bond acceptors (Lipinski definition) is 3. The van der Waals surface area contributed by atoms with E-state index in [4.69, 9.17) is 4.74 Å². The Kier molecular flexibility index (Phi) is 6.56. The Hall–Kier alpha value is -1.88. The number of methoxy groups -OCH3 is 1. The SMILES string of the molecule is COCCNC(=O)CN(C(C)=O)c1ccccc1C(C)(C)C. The van der Waals surface area contributed by atoms with E-state index < -0.39 is 0 Å². The fraction of sp³-hybridized carbons (Fsp3) is 0.529. The summed E-state index contributed by atoms with van der Waals surface area (Å²) in [5.41, 5.74) is 1.70. The van der Waals surface area contributed by atoms with Gasteiger partial charge in [-0.15, -0.1) is 0 Å². The molecule has 0 bridgehead atoms. The molecule has 1 N–H and O–H groups in total. The molecule has 1 aromatic carbocycles. The van der Waals surface area contributed by atoms with Gasteiger partial charge in [0.2, 0.25) is 11.8 Å². The number of amides is 2. The summed E-state index contributed by atoms with van der Waals surface area (Å²) in [5, 5.41) is 2.74. The summed E-state index contributed by atoms with van der Waals surface area (Å²) in [7, 11) is 1.58. The van der Waals surface area contributed by atoms with E-state index in [1.54, 1.807) is 7.11 Å². The van der Waals surface area contributed by atoms with Crippen LogP contribution in [0.25, 0.3) is 0 Å². The molecule has 0 unspecified atom stereocenters. The molecule has 0 aliphatic rings. The predicted octanol–water partition coefficient (Wildman–Crippen LogP) is 2.10. The summed E-state index contributed by atoms with van der Waals surface area (Å²) >= 11 is 0. The molecule has 0 saturated carbocycles. The van der Waals surface area contributed by atoms with E-state index >= 15 is 0 Å². The molecule has 1 aromatic rings. The van der Waals surface area contributed by atoms with E-state index in [0.717, 1.165) is 11.3 Å². The van der Waals surface area contributed by atoms with E-state index in [2.05, 4.69) is 26.1 Å². The first-order valence-corrected chi connectivity index (χ1v) is 7.40. The first-order valence-electron chi connectivity index (χ1n) is 7.40. The van der Waals surface area contributed by atoms with Gasteiger partial charge in [0.05, 0.1) is 6.61 Å². The first-order chi connectivity index (χ1) is 10.3. The number of carbonyl (C=O) groups excluding carboxylic acids is 2. The van der Waals surface area contributed by atoms with Gasteiger partial charge in [-0.3, -0.25) is 9.59 Å². The second kappa shape index (κ2) is 7.94. The number of rotatable bonds is 6. The number of hydrogen-bond donors (Lipinski definition) is 1. The van der Waals surface area contributed by atoms with Crippen LogP contribution < -0.4 is 10.2 Å². The molecule has 0 radical (unpaired) electrons. The van der Waals surface area contributed by atoms with E-state index in [1.807, 2.05) is 24.3 Å². The van der Waals surface area contributed by atoms with Crippen LogP contribution in [-0.2, 0) is 19.7 Å². The number of nitrogens with zero attached hydrogens (tertiary/aromatic N) is 1. The number of para-hydroxylation sites is 1. The summed E-state index contributed by atoms with van der Waals surface area (Å²) in [5.74, 6) is -0.352. The number of ether oxygens (including phenoxy) is 1. The molecular weight excluding hydrogens is 280 g/mol. The van der Waals surface area contributed by atoms with E-state index in [-0.39, 0.29) is 23.8 Å². The van der Waals surface area contributed by atoms with Gasteiger partial charge in [-0.05, 0) is 17.0 Å². The van der Waals surface area contributed by atoms with Crippen LogP contribution >= 0.6 is 0 Å². The largest absolute Gasteiger partial charge is 0.383 e. The lowest BCUT2D eigenvalue weighted by Crippen LogP contribution is -2.41. The Bertz CT molecular complexity index is 521. The topological polar surface area (TPSA) is 58.6 Å². The molecule has 5 heteroatoms. The van der Waals surface area contributed by atoms with Crippen LogP contribution in [0.5, 0.6) is 0 Å². The second-order valence-corrected chi connectivity index (χ2v) is 6.22. The maximum atomic E-state index is 12.0. The van der Waals surface area contributed by atoms with Crippen LogP contribution in [0.15, 0.2) is 24.3 Å². The molecule has 0 aliphatic carbocycles. The van der Waals surface area contributed by atoms with Crippen molar-refractivity contribution in [3.63, 3.8) is 0 Å². The highest BCUT2D eigenvalue weighted by molar-refractivity contribution is 5.98. The van der Waals surface area contributed by atoms with Crippen molar-refractivity contribution < 1.29 is 14.3 Å². The van der Waals surface area contributed by atoms with Crippen molar-refractivity contribution in [2.24, 2.45) is 0 Å². The summed E-state index contributed by atoms with van der Waals surface area (Å²) < 4.78 is 4.90. The van der Waals surface area contributed by atoms with E-state index in [9.17, 15) is 9.59 Å². The van der Waals surface area contributed by atoms with Crippen molar-refractivity contribution in [3.05, 3.63) is 29.8 Å². The van der Waals surface area contributed by atoms with Crippen molar-refractivity contribution in [1.82, 2.24) is 5.32 Å². The van der Waals surface area contributed by atoms with E-state index in [0.29, 0.717) is 13.2 Å². The van der Waals surface area contributed by atoms with Gasteiger partial charge in [-0.25, -0.2) is 0 Å². The molecule has 0 spiro atoms. The van der Waals surface area contributed by atoms with Crippen LogP contribution in [0.3, 0.4) is 0 Å². The minimum Gasteiger partial charge on any atom is -0.383 e. The number of carbonyl (C=O) groups is 2. The molecule has 22 heavy (non-hydrogen) atoms. The third-order valence-corrected chi connectivity index (χ3v) is 3.31. The summed E-state index contributed by atoms with van der Waals surface area (Å²) in [6.07, 6.45) is 0. The molecule has 5 nitrogen and oxygen atoms in total. The van der Waals surface area contributed by atoms with E-state index in [1.165, 1.54) is 11.8 Å². The summed E-state index contributed by atoms with van der Waals surface area (Å²) in [6.45, 7) is 8.62. The lowest BCUT2D eigenvalue weighted by atomic mass is 9.85. The van der Waals surface area contributed by atoms with Gasteiger partial charge in [-0.2, -0.15) is 0 Å². The van der Waals surface area contributed by atoms with Crippen LogP contribution in [0.1, 0.15) is 33.3 Å². The third-order valence-electron chi connectivity index (χ3n) is 3.31. The van der Waals surface area contributed by atoms with Gasteiger partial charge in [-0.1, -0.05) is 39.0 Å². The predicted molar refractivity (Wildman–Crippen MR) is 88.1 cm³/mol. The molecule has 0 fully saturated rings. The van der Waals surface area contributed by atoms with Gasteiger partial charge in [0, 0.05) is 26.3 Å². The van der Waals surface area contributed by atoms with Crippen LogP contribution in [0, 0.1) is 0 Å². The Morgan fingerprint density at radius 2 is 1.86 bits per heavy atom. The van der Waals surface area contributed by atoms with Gasteiger partial charge < -0.3 is 15.0 Å². The molecule has 0 saturated heterocycles. The van der Waals surface area contributed by atoms with Crippen molar-refractivity contribution in [3.8, 4) is 0 Å². The maximum absolute atomic E-state index is 12.0. The molecule has 0 heterocycles. The molecular formula is C17H26N2O3. The monoisotopic (exact) mass is 306 g/mol.